The number of nitrogen functional groups attached to an aromatic ring is 1. The van der Waals surface area contributed by atoms with Gasteiger partial charge in [-0.1, -0.05) is 0 Å². The van der Waals surface area contributed by atoms with Crippen LogP contribution in [-0.4, -0.2) is 38.7 Å². The van der Waals surface area contributed by atoms with E-state index in [1.807, 2.05) is 17.3 Å². The Morgan fingerprint density at radius 3 is 3.05 bits per heavy atom. The molecule has 6 nitrogen and oxygen atoms in total. The summed E-state index contributed by atoms with van der Waals surface area (Å²) in [5.41, 5.74) is 7.34. The van der Waals surface area contributed by atoms with E-state index in [0.717, 1.165) is 25.1 Å². The molecule has 20 heavy (non-hydrogen) atoms. The molecule has 0 radical (unpaired) electrons. The average Bonchev–Trinajstić information content (AvgIpc) is 3.07. The average molecular weight is 291 g/mol. The van der Waals surface area contributed by atoms with E-state index in [-0.39, 0.29) is 11.8 Å². The van der Waals surface area contributed by atoms with Crippen molar-refractivity contribution < 1.29 is 4.79 Å². The number of nitrogens with two attached hydrogens (primary N) is 1. The third-order valence-electron chi connectivity index (χ3n) is 3.62. The van der Waals surface area contributed by atoms with Crippen molar-refractivity contribution in [2.45, 2.75) is 18.8 Å². The largest absolute Gasteiger partial charge is 0.375 e. The van der Waals surface area contributed by atoms with Crippen LogP contribution in [0.15, 0.2) is 17.8 Å². The van der Waals surface area contributed by atoms with Crippen LogP contribution in [-0.2, 0) is 7.05 Å². The normalized spacial score (nSPS) is 19.2. The van der Waals surface area contributed by atoms with Gasteiger partial charge in [0.1, 0.15) is 0 Å². The zero-order valence-electron chi connectivity index (χ0n) is 11.3. The first-order valence-electron chi connectivity index (χ1n) is 6.62. The lowest BCUT2D eigenvalue weighted by Crippen LogP contribution is -2.39. The summed E-state index contributed by atoms with van der Waals surface area (Å²) in [7, 11) is 1.81. The molecule has 1 saturated heterocycles. The van der Waals surface area contributed by atoms with Crippen LogP contribution < -0.4 is 5.73 Å². The van der Waals surface area contributed by atoms with Crippen LogP contribution in [0, 0.1) is 0 Å². The first-order valence-corrected chi connectivity index (χ1v) is 7.50. The minimum Gasteiger partial charge on any atom is -0.375 e. The fraction of sp³-hybridized carbons (Fsp3) is 0.462. The summed E-state index contributed by atoms with van der Waals surface area (Å²) in [6.45, 7) is 1.50. The second-order valence-electron chi connectivity index (χ2n) is 5.10. The third kappa shape index (κ3) is 2.53. The maximum absolute atomic E-state index is 12.4. The third-order valence-corrected chi connectivity index (χ3v) is 4.31. The molecule has 3 heterocycles. The van der Waals surface area contributed by atoms with Crippen LogP contribution in [0.5, 0.6) is 0 Å². The van der Waals surface area contributed by atoms with Gasteiger partial charge in [0, 0.05) is 37.6 Å². The molecule has 1 atom stereocenters. The van der Waals surface area contributed by atoms with E-state index in [1.165, 1.54) is 11.3 Å². The second-order valence-corrected chi connectivity index (χ2v) is 5.99. The molecular formula is C13H17N5OS. The SMILES string of the molecule is Cn1cc(C(=O)N2CCCC(c3csc(N)n3)C2)cn1. The predicted octanol–water partition coefficient (Wildman–Crippen LogP) is 1.48. The minimum absolute atomic E-state index is 0.0472. The summed E-state index contributed by atoms with van der Waals surface area (Å²) < 4.78 is 1.65. The summed E-state index contributed by atoms with van der Waals surface area (Å²) in [6.07, 6.45) is 5.42. The highest BCUT2D eigenvalue weighted by Crippen LogP contribution is 2.29. The fourth-order valence-corrected chi connectivity index (χ4v) is 3.25. The first kappa shape index (κ1) is 13.1. The Morgan fingerprint density at radius 1 is 1.55 bits per heavy atom. The molecule has 0 aliphatic carbocycles. The molecule has 7 heteroatoms. The molecule has 1 unspecified atom stereocenters. The molecule has 0 saturated carbocycles. The van der Waals surface area contributed by atoms with E-state index in [9.17, 15) is 4.79 Å². The van der Waals surface area contributed by atoms with Crippen molar-refractivity contribution >= 4 is 22.4 Å². The molecule has 1 amide bonds. The van der Waals surface area contributed by atoms with Crippen molar-refractivity contribution in [3.05, 3.63) is 29.0 Å². The minimum atomic E-state index is 0.0472. The van der Waals surface area contributed by atoms with E-state index in [2.05, 4.69) is 10.1 Å². The number of nitrogens with zero attached hydrogens (tertiary/aromatic N) is 4. The number of hydrogen-bond donors (Lipinski definition) is 1. The second kappa shape index (κ2) is 5.24. The van der Waals surface area contributed by atoms with Gasteiger partial charge in [0.25, 0.3) is 5.91 Å². The molecule has 0 aromatic carbocycles. The highest BCUT2D eigenvalue weighted by Gasteiger charge is 2.27. The zero-order chi connectivity index (χ0) is 14.1. The highest BCUT2D eigenvalue weighted by atomic mass is 32.1. The number of thiazole rings is 1. The predicted molar refractivity (Wildman–Crippen MR) is 77.6 cm³/mol. The number of anilines is 1. The number of aromatic nitrogens is 3. The van der Waals surface area contributed by atoms with Gasteiger partial charge in [0.05, 0.1) is 17.5 Å². The fourth-order valence-electron chi connectivity index (χ4n) is 2.61. The van der Waals surface area contributed by atoms with Gasteiger partial charge in [0.2, 0.25) is 0 Å². The Balaban J connectivity index is 1.73. The van der Waals surface area contributed by atoms with E-state index in [4.69, 9.17) is 5.73 Å². The van der Waals surface area contributed by atoms with Crippen LogP contribution in [0.1, 0.15) is 34.8 Å². The lowest BCUT2D eigenvalue weighted by atomic mass is 9.95. The lowest BCUT2D eigenvalue weighted by molar-refractivity contribution is 0.0706. The maximum Gasteiger partial charge on any atom is 0.257 e. The summed E-state index contributed by atoms with van der Waals surface area (Å²) in [6, 6.07) is 0. The Kier molecular flexibility index (Phi) is 3.43. The number of likely N-dealkylation sites (tertiary alicyclic amines) is 1. The number of carbonyl (C=O) groups is 1. The lowest BCUT2D eigenvalue weighted by Gasteiger charge is -2.31. The van der Waals surface area contributed by atoms with Crippen molar-refractivity contribution in [3.8, 4) is 0 Å². The van der Waals surface area contributed by atoms with E-state index in [0.29, 0.717) is 17.2 Å². The number of aryl methyl sites for hydroxylation is 1. The summed E-state index contributed by atoms with van der Waals surface area (Å²) >= 11 is 1.46. The summed E-state index contributed by atoms with van der Waals surface area (Å²) in [5.74, 6) is 0.337. The molecule has 106 valence electrons. The van der Waals surface area contributed by atoms with Gasteiger partial charge in [-0.15, -0.1) is 11.3 Å². The number of piperidine rings is 1. The molecule has 2 N–H and O–H groups in total. The molecule has 2 aromatic heterocycles. The van der Waals surface area contributed by atoms with Crippen LogP contribution in [0.4, 0.5) is 5.13 Å². The molecule has 0 bridgehead atoms. The standard InChI is InChI=1S/C13H17N5OS/c1-17-6-10(5-15-17)12(19)18-4-2-3-9(7-18)11-8-20-13(14)16-11/h5-6,8-9H,2-4,7H2,1H3,(H2,14,16). The Labute approximate surface area is 121 Å². The molecule has 1 fully saturated rings. The monoisotopic (exact) mass is 291 g/mol. The quantitative estimate of drug-likeness (QED) is 0.909. The Hall–Kier alpha value is -1.89. The summed E-state index contributed by atoms with van der Waals surface area (Å²) in [5, 5.41) is 6.65. The maximum atomic E-state index is 12.4. The molecule has 1 aliphatic rings. The number of amides is 1. The zero-order valence-corrected chi connectivity index (χ0v) is 12.1. The smallest absolute Gasteiger partial charge is 0.257 e. The van der Waals surface area contributed by atoms with E-state index >= 15 is 0 Å². The number of hydrogen-bond acceptors (Lipinski definition) is 5. The van der Waals surface area contributed by atoms with Crippen molar-refractivity contribution in [1.82, 2.24) is 19.7 Å². The van der Waals surface area contributed by atoms with Crippen molar-refractivity contribution in [3.63, 3.8) is 0 Å². The number of carbonyl (C=O) groups excluding carboxylic acids is 1. The van der Waals surface area contributed by atoms with Gasteiger partial charge in [-0.3, -0.25) is 9.48 Å². The Morgan fingerprint density at radius 2 is 2.40 bits per heavy atom. The first-order chi connectivity index (χ1) is 9.63. The van der Waals surface area contributed by atoms with Crippen molar-refractivity contribution in [2.75, 3.05) is 18.8 Å². The molecule has 2 aromatic rings. The van der Waals surface area contributed by atoms with Gasteiger partial charge in [-0.2, -0.15) is 5.10 Å². The van der Waals surface area contributed by atoms with Crippen LogP contribution in [0.3, 0.4) is 0 Å². The number of rotatable bonds is 2. The van der Waals surface area contributed by atoms with Gasteiger partial charge >= 0.3 is 0 Å². The highest BCUT2D eigenvalue weighted by molar-refractivity contribution is 7.13. The molecule has 0 spiro atoms. The summed E-state index contributed by atoms with van der Waals surface area (Å²) in [4.78, 5) is 18.7. The van der Waals surface area contributed by atoms with Gasteiger partial charge < -0.3 is 10.6 Å². The molecule has 1 aliphatic heterocycles. The van der Waals surface area contributed by atoms with Crippen LogP contribution in [0.2, 0.25) is 0 Å². The van der Waals surface area contributed by atoms with Crippen LogP contribution in [0.25, 0.3) is 0 Å². The van der Waals surface area contributed by atoms with Gasteiger partial charge in [0.15, 0.2) is 5.13 Å². The molecular weight excluding hydrogens is 274 g/mol. The van der Waals surface area contributed by atoms with Gasteiger partial charge in [-0.05, 0) is 12.8 Å². The molecule has 3 rings (SSSR count). The van der Waals surface area contributed by atoms with E-state index < -0.39 is 0 Å². The van der Waals surface area contributed by atoms with Crippen LogP contribution >= 0.6 is 11.3 Å². The van der Waals surface area contributed by atoms with E-state index in [1.54, 1.807) is 17.1 Å². The topological polar surface area (TPSA) is 77.0 Å². The Bertz CT molecular complexity index is 620. The van der Waals surface area contributed by atoms with Crippen molar-refractivity contribution in [1.29, 1.82) is 0 Å². The van der Waals surface area contributed by atoms with Crippen molar-refractivity contribution in [2.24, 2.45) is 7.05 Å². The van der Waals surface area contributed by atoms with Gasteiger partial charge in [-0.25, -0.2) is 4.98 Å².